The number of aromatic nitrogens is 4. The lowest BCUT2D eigenvalue weighted by Crippen LogP contribution is -2.45. The average molecular weight is 476 g/mol. The Labute approximate surface area is 202 Å². The molecule has 1 fully saturated rings. The van der Waals surface area contributed by atoms with E-state index >= 15 is 0 Å². The van der Waals surface area contributed by atoms with Crippen molar-refractivity contribution in [2.24, 2.45) is 0 Å². The first-order valence-electron chi connectivity index (χ1n) is 11.7. The van der Waals surface area contributed by atoms with Crippen LogP contribution >= 0.6 is 0 Å². The third-order valence-electron chi connectivity index (χ3n) is 6.29. The smallest absolute Gasteiger partial charge is 0.229 e. The van der Waals surface area contributed by atoms with Crippen LogP contribution in [-0.4, -0.2) is 62.5 Å². The van der Waals surface area contributed by atoms with Gasteiger partial charge in [0.2, 0.25) is 5.95 Å². The second-order valence-electron chi connectivity index (χ2n) is 8.76. The molecule has 0 saturated carbocycles. The van der Waals surface area contributed by atoms with Gasteiger partial charge in [0.1, 0.15) is 22.8 Å². The Morgan fingerprint density at radius 1 is 0.886 bits per heavy atom. The summed E-state index contributed by atoms with van der Waals surface area (Å²) in [6, 6.07) is 10.3. The van der Waals surface area contributed by atoms with Crippen molar-refractivity contribution in [3.8, 4) is 11.3 Å². The summed E-state index contributed by atoms with van der Waals surface area (Å²) in [4.78, 5) is 21.9. The van der Waals surface area contributed by atoms with Gasteiger partial charge in [-0.2, -0.15) is 0 Å². The van der Waals surface area contributed by atoms with Crippen molar-refractivity contribution in [1.82, 2.24) is 29.7 Å². The van der Waals surface area contributed by atoms with Crippen LogP contribution in [0, 0.1) is 18.6 Å². The van der Waals surface area contributed by atoms with E-state index < -0.39 is 11.6 Å². The van der Waals surface area contributed by atoms with Gasteiger partial charge in [-0.1, -0.05) is 19.1 Å². The lowest BCUT2D eigenvalue weighted by atomic mass is 10.1. The monoisotopic (exact) mass is 475 g/mol. The van der Waals surface area contributed by atoms with Crippen molar-refractivity contribution in [1.29, 1.82) is 0 Å². The van der Waals surface area contributed by atoms with E-state index in [0.29, 0.717) is 22.5 Å². The molecule has 0 bridgehead atoms. The topological polar surface area (TPSA) is 70.1 Å². The molecule has 7 nitrogen and oxygen atoms in total. The minimum absolute atomic E-state index is 0.00622. The number of fused-ring (bicyclic) bond motifs is 1. The van der Waals surface area contributed by atoms with Crippen LogP contribution in [0.15, 0.2) is 48.8 Å². The molecule has 180 valence electrons. The summed E-state index contributed by atoms with van der Waals surface area (Å²) in [5.74, 6) is -0.436. The first-order valence-corrected chi connectivity index (χ1v) is 11.7. The molecule has 1 aliphatic heterocycles. The second kappa shape index (κ2) is 9.97. The zero-order valence-corrected chi connectivity index (χ0v) is 19.8. The SMILES string of the molecule is CCN1CCN(Cc2ccc(Nc3ncc(F)c(-c4cc(F)c5nc(C)ccc5c4)n3)nc2)CC1. The average Bonchev–Trinajstić information content (AvgIpc) is 2.87. The predicted molar refractivity (Wildman–Crippen MR) is 132 cm³/mol. The maximum atomic E-state index is 14.7. The van der Waals surface area contributed by atoms with E-state index in [1.807, 2.05) is 18.3 Å². The summed E-state index contributed by atoms with van der Waals surface area (Å²) in [5.41, 5.74) is 2.40. The molecule has 4 aromatic rings. The van der Waals surface area contributed by atoms with Crippen molar-refractivity contribution in [2.75, 3.05) is 38.0 Å². The molecule has 35 heavy (non-hydrogen) atoms. The Morgan fingerprint density at radius 3 is 2.43 bits per heavy atom. The molecular weight excluding hydrogens is 448 g/mol. The maximum Gasteiger partial charge on any atom is 0.229 e. The minimum Gasteiger partial charge on any atom is -0.309 e. The van der Waals surface area contributed by atoms with Crippen LogP contribution in [0.1, 0.15) is 18.2 Å². The highest BCUT2D eigenvalue weighted by atomic mass is 19.1. The summed E-state index contributed by atoms with van der Waals surface area (Å²) in [5, 5.41) is 3.59. The number of rotatable bonds is 6. The van der Waals surface area contributed by atoms with E-state index in [9.17, 15) is 8.78 Å². The number of aryl methyl sites for hydroxylation is 1. The van der Waals surface area contributed by atoms with Gasteiger partial charge in [0.05, 0.1) is 6.20 Å². The van der Waals surface area contributed by atoms with Crippen molar-refractivity contribution >= 4 is 22.7 Å². The molecule has 0 radical (unpaired) electrons. The fourth-order valence-corrected chi connectivity index (χ4v) is 4.28. The predicted octanol–water partition coefficient (Wildman–Crippen LogP) is 4.55. The molecule has 1 aromatic carbocycles. The first kappa shape index (κ1) is 23.2. The molecule has 5 rings (SSSR count). The first-order chi connectivity index (χ1) is 17.0. The van der Waals surface area contributed by atoms with Gasteiger partial charge >= 0.3 is 0 Å². The van der Waals surface area contributed by atoms with Gasteiger partial charge in [0, 0.05) is 55.6 Å². The Balaban J connectivity index is 1.31. The Bertz CT molecular complexity index is 1340. The number of pyridine rings is 2. The summed E-state index contributed by atoms with van der Waals surface area (Å²) in [6.07, 6.45) is 2.90. The molecule has 0 amide bonds. The number of piperazine rings is 1. The zero-order chi connectivity index (χ0) is 24.4. The van der Waals surface area contributed by atoms with Gasteiger partial charge in [-0.25, -0.2) is 23.7 Å². The van der Waals surface area contributed by atoms with E-state index in [-0.39, 0.29) is 17.2 Å². The number of likely N-dealkylation sites (N-methyl/N-ethyl adjacent to an activating group) is 1. The van der Waals surface area contributed by atoms with Crippen molar-refractivity contribution < 1.29 is 8.78 Å². The Morgan fingerprint density at radius 2 is 1.69 bits per heavy atom. The van der Waals surface area contributed by atoms with Gasteiger partial charge in [-0.3, -0.25) is 9.88 Å². The molecule has 9 heteroatoms. The summed E-state index contributed by atoms with van der Waals surface area (Å²) < 4.78 is 29.3. The van der Waals surface area contributed by atoms with Gasteiger partial charge in [-0.05, 0) is 43.3 Å². The molecule has 0 unspecified atom stereocenters. The van der Waals surface area contributed by atoms with Crippen LogP contribution < -0.4 is 5.32 Å². The molecule has 0 spiro atoms. The number of hydrogen-bond acceptors (Lipinski definition) is 7. The number of anilines is 2. The number of halogens is 2. The van der Waals surface area contributed by atoms with Crippen LogP contribution in [-0.2, 0) is 6.54 Å². The normalized spacial score (nSPS) is 15.0. The molecule has 4 heterocycles. The van der Waals surface area contributed by atoms with Gasteiger partial charge < -0.3 is 10.2 Å². The molecule has 0 aliphatic carbocycles. The van der Waals surface area contributed by atoms with E-state index in [1.165, 1.54) is 6.07 Å². The minimum atomic E-state index is -0.638. The largest absolute Gasteiger partial charge is 0.309 e. The van der Waals surface area contributed by atoms with Crippen molar-refractivity contribution in [3.63, 3.8) is 0 Å². The van der Waals surface area contributed by atoms with Crippen LogP contribution in [0.3, 0.4) is 0 Å². The Hall–Kier alpha value is -3.56. The van der Waals surface area contributed by atoms with E-state index in [2.05, 4.69) is 42.0 Å². The highest BCUT2D eigenvalue weighted by Crippen LogP contribution is 2.28. The third-order valence-corrected chi connectivity index (χ3v) is 6.29. The van der Waals surface area contributed by atoms with Crippen LogP contribution in [0.25, 0.3) is 22.2 Å². The van der Waals surface area contributed by atoms with Crippen molar-refractivity contribution in [3.05, 3.63) is 71.7 Å². The molecule has 0 atom stereocenters. The number of nitrogens with zero attached hydrogens (tertiary/aromatic N) is 6. The molecule has 1 saturated heterocycles. The second-order valence-corrected chi connectivity index (χ2v) is 8.76. The standard InChI is InChI=1S/C26H27F2N7/c1-3-34-8-10-35(11-9-34)16-18-5-7-23(29-14-18)32-26-30-15-22(28)25(33-26)20-12-19-6-4-17(2)31-24(19)21(27)13-20/h4-7,12-15H,3,8-11,16H2,1-2H3,(H,29,30,32,33). The summed E-state index contributed by atoms with van der Waals surface area (Å²) in [6.45, 7) is 10.2. The summed E-state index contributed by atoms with van der Waals surface area (Å²) >= 11 is 0. The number of benzene rings is 1. The molecule has 1 N–H and O–H groups in total. The number of nitrogens with one attached hydrogen (secondary N) is 1. The third kappa shape index (κ3) is 5.26. The van der Waals surface area contributed by atoms with Crippen molar-refractivity contribution in [2.45, 2.75) is 20.4 Å². The number of hydrogen-bond donors (Lipinski definition) is 1. The molecular formula is C26H27F2N7. The van der Waals surface area contributed by atoms with Crippen LogP contribution in [0.2, 0.25) is 0 Å². The highest BCUT2D eigenvalue weighted by molar-refractivity contribution is 5.84. The molecule has 1 aliphatic rings. The summed E-state index contributed by atoms with van der Waals surface area (Å²) in [7, 11) is 0. The van der Waals surface area contributed by atoms with Gasteiger partial charge in [0.15, 0.2) is 5.82 Å². The van der Waals surface area contributed by atoms with E-state index in [4.69, 9.17) is 0 Å². The lowest BCUT2D eigenvalue weighted by molar-refractivity contribution is 0.132. The fraction of sp³-hybridized carbons (Fsp3) is 0.308. The fourth-order valence-electron chi connectivity index (χ4n) is 4.28. The quantitative estimate of drug-likeness (QED) is 0.439. The zero-order valence-electron chi connectivity index (χ0n) is 19.8. The van der Waals surface area contributed by atoms with Gasteiger partial charge in [-0.15, -0.1) is 0 Å². The van der Waals surface area contributed by atoms with Gasteiger partial charge in [0.25, 0.3) is 0 Å². The Kier molecular flexibility index (Phi) is 6.61. The highest BCUT2D eigenvalue weighted by Gasteiger charge is 2.16. The van der Waals surface area contributed by atoms with E-state index in [0.717, 1.165) is 51.0 Å². The van der Waals surface area contributed by atoms with E-state index in [1.54, 1.807) is 25.1 Å². The molecule has 3 aromatic heterocycles. The lowest BCUT2D eigenvalue weighted by Gasteiger charge is -2.33. The maximum absolute atomic E-state index is 14.7. The van der Waals surface area contributed by atoms with Crippen LogP contribution in [0.4, 0.5) is 20.5 Å². The van der Waals surface area contributed by atoms with Crippen LogP contribution in [0.5, 0.6) is 0 Å².